The molecule has 0 aromatic rings. The van der Waals surface area contributed by atoms with Gasteiger partial charge in [0.1, 0.15) is 0 Å². The lowest BCUT2D eigenvalue weighted by atomic mass is 9.76. The zero-order chi connectivity index (χ0) is 54.5. The highest BCUT2D eigenvalue weighted by Gasteiger charge is 2.57. The van der Waals surface area contributed by atoms with E-state index in [9.17, 15) is 19.2 Å². The number of carbonyl (C=O) groups excluding carboxylic acids is 4. The van der Waals surface area contributed by atoms with Gasteiger partial charge < -0.3 is 18.9 Å². The number of ether oxygens (including phenoxy) is 4. The van der Waals surface area contributed by atoms with Crippen LogP contribution >= 0.6 is 0 Å². The van der Waals surface area contributed by atoms with E-state index < -0.39 is 23.5 Å². The topological polar surface area (TPSA) is 105 Å². The standard InChI is InChI=1S/C69H46O8/c1-5-7-8-9-10-11-12-13-14-15-16-17-18-19-20-21-22-23-24-25-26-27-28-29-30-31-32-33-34-35-36-37-38-39-59(69(73)77-51-58-45-56-47-63(58)64-42-53(40-60(56)64)48-74-66(70)6-2)68(72)75-49-54-41-61-55-44-57(50-76-67(71)52(3)4)62(46-55)65(61)43-54/h6,53-58,60-65H,1-3,40-51H2,4H3/t53?,54?,55?,56?,57?,58?,60-,61-,62?,63?,64-,65-/m0/s1. The van der Waals surface area contributed by atoms with E-state index >= 15 is 0 Å². The fourth-order valence-corrected chi connectivity index (χ4v) is 11.7. The average molecular weight is 1000 g/mol. The molecule has 0 aromatic heterocycles. The Hall–Kier alpha value is -10.4. The fourth-order valence-electron chi connectivity index (χ4n) is 11.7. The van der Waals surface area contributed by atoms with Crippen LogP contribution in [-0.2, 0) is 38.1 Å². The number of carbonyl (C=O) groups is 4. The van der Waals surface area contributed by atoms with E-state index in [0.717, 1.165) is 51.4 Å². The van der Waals surface area contributed by atoms with Crippen LogP contribution in [0.2, 0.25) is 0 Å². The first-order valence-electron chi connectivity index (χ1n) is 24.8. The summed E-state index contributed by atoms with van der Waals surface area (Å²) in [6, 6.07) is 0. The minimum atomic E-state index is -0.844. The molecule has 12 atom stereocenters. The molecule has 0 spiro atoms. The summed E-state index contributed by atoms with van der Waals surface area (Å²) in [5.41, 5.74) is 85.4. The van der Waals surface area contributed by atoms with Crippen LogP contribution in [0, 0.1) is 71.0 Å². The van der Waals surface area contributed by atoms with Gasteiger partial charge >= 0.3 is 23.9 Å². The molecule has 6 aliphatic carbocycles. The second-order valence-electron chi connectivity index (χ2n) is 18.7. The first-order valence-corrected chi connectivity index (χ1v) is 24.8. The van der Waals surface area contributed by atoms with E-state index in [2.05, 4.69) is 215 Å². The minimum absolute atomic E-state index is 0.143. The third kappa shape index (κ3) is 17.7. The normalized spacial score (nSPS) is 23.9. The lowest BCUT2D eigenvalue weighted by molar-refractivity contribution is -0.149. The highest BCUT2D eigenvalue weighted by Crippen LogP contribution is 2.63. The maximum absolute atomic E-state index is 13.6. The highest BCUT2D eigenvalue weighted by molar-refractivity contribution is 6.13. The molecule has 8 nitrogen and oxygen atoms in total. The number of esters is 4. The van der Waals surface area contributed by atoms with Crippen molar-refractivity contribution in [3.8, 4) is 0 Å². The Bertz CT molecular complexity index is 3930. The van der Waals surface area contributed by atoms with E-state index in [-0.39, 0.29) is 31.0 Å². The van der Waals surface area contributed by atoms with E-state index in [1.54, 1.807) is 6.92 Å². The molecule has 4 bridgehead atoms. The van der Waals surface area contributed by atoms with Crippen molar-refractivity contribution in [1.29, 1.82) is 0 Å². The molecule has 6 fully saturated rings. The van der Waals surface area contributed by atoms with Gasteiger partial charge in [0, 0.05) is 103 Å². The van der Waals surface area contributed by atoms with Crippen molar-refractivity contribution in [2.45, 2.75) is 58.3 Å². The van der Waals surface area contributed by atoms with Crippen LogP contribution < -0.4 is 0 Å². The first kappa shape index (κ1) is 55.9. The monoisotopic (exact) mass is 1000 g/mol. The van der Waals surface area contributed by atoms with Gasteiger partial charge in [-0.3, -0.25) is 0 Å². The van der Waals surface area contributed by atoms with Gasteiger partial charge in [0.15, 0.2) is 5.57 Å². The van der Waals surface area contributed by atoms with Crippen LogP contribution in [0.5, 0.6) is 0 Å². The Labute approximate surface area is 447 Å². The van der Waals surface area contributed by atoms with Crippen molar-refractivity contribution < 1.29 is 38.1 Å². The summed E-state index contributed by atoms with van der Waals surface area (Å²) in [6.45, 7) is 13.3. The van der Waals surface area contributed by atoms with Crippen molar-refractivity contribution in [3.63, 3.8) is 0 Å². The molecule has 0 radical (unpaired) electrons. The van der Waals surface area contributed by atoms with Gasteiger partial charge in [0.25, 0.3) is 0 Å². The smallest absolute Gasteiger partial charge is 0.354 e. The Morgan fingerprint density at radius 2 is 0.701 bits per heavy atom. The summed E-state index contributed by atoms with van der Waals surface area (Å²) in [5.74, 6) is 2.55. The molecule has 77 heavy (non-hydrogen) atoms. The Morgan fingerprint density at radius 1 is 0.390 bits per heavy atom. The van der Waals surface area contributed by atoms with Crippen LogP contribution in [0.25, 0.3) is 0 Å². The van der Waals surface area contributed by atoms with Crippen LogP contribution in [0.4, 0.5) is 0 Å². The van der Waals surface area contributed by atoms with Gasteiger partial charge in [0.05, 0.1) is 26.4 Å². The molecule has 0 heterocycles. The van der Waals surface area contributed by atoms with Gasteiger partial charge in [-0.25, -0.2) is 19.2 Å². The molecular formula is C69H46O8. The van der Waals surface area contributed by atoms with E-state index in [1.807, 2.05) is 0 Å². The molecule has 6 saturated carbocycles. The molecular weight excluding hydrogens is 957 g/mol. The SMILES string of the molecule is C=C=C=C=C=C=C=C=C=C=C=C=C=C=C=C=C=C=C=C=C=C=C=C=C=C=C=C=C=C=C=C=C=C=C=C(C(=O)OCC1C[C@@H]2C3CC(CC3COC(=O)C(=C)C)[C@@H]2C1)C(=O)OCC1CC2CC1[C@H]1CC(COC(=O)C=C)C[C@@H]21. The van der Waals surface area contributed by atoms with Gasteiger partial charge in [-0.2, -0.15) is 0 Å². The fraction of sp³-hybridized carbons (Fsp3) is 0.362. The largest absolute Gasteiger partial charge is 0.462 e. The Kier molecular flexibility index (Phi) is 22.2. The van der Waals surface area contributed by atoms with Crippen LogP contribution in [0.3, 0.4) is 0 Å². The highest BCUT2D eigenvalue weighted by atomic mass is 16.6. The molecule has 0 aliphatic heterocycles. The number of fused-ring (bicyclic) bond motifs is 10. The van der Waals surface area contributed by atoms with Crippen molar-refractivity contribution >= 4 is 23.9 Å². The van der Waals surface area contributed by atoms with Crippen molar-refractivity contribution in [3.05, 3.63) is 232 Å². The lowest BCUT2D eigenvalue weighted by Gasteiger charge is -2.31. The summed E-state index contributed by atoms with van der Waals surface area (Å²) in [5, 5.41) is 0. The summed E-state index contributed by atoms with van der Waals surface area (Å²) in [7, 11) is 0. The van der Waals surface area contributed by atoms with E-state index in [0.29, 0.717) is 78.0 Å². The molecule has 0 saturated heterocycles. The van der Waals surface area contributed by atoms with Crippen LogP contribution in [0.1, 0.15) is 58.3 Å². The summed E-state index contributed by atoms with van der Waals surface area (Å²) < 4.78 is 22.5. The minimum Gasteiger partial charge on any atom is -0.462 e. The second kappa shape index (κ2) is 30.6. The quantitative estimate of drug-likeness (QED) is 0.0476. The molecule has 0 N–H and O–H groups in total. The van der Waals surface area contributed by atoms with E-state index in [1.165, 1.54) is 6.08 Å². The Balaban J connectivity index is 1.13. The van der Waals surface area contributed by atoms with Gasteiger partial charge in [-0.15, -0.1) is 0 Å². The molecule has 0 aromatic carbocycles. The summed E-state index contributed by atoms with van der Waals surface area (Å²) in [4.78, 5) is 51.0. The van der Waals surface area contributed by atoms with E-state index in [4.69, 9.17) is 18.9 Å². The predicted molar refractivity (Wildman–Crippen MR) is 276 cm³/mol. The lowest BCUT2D eigenvalue weighted by Crippen LogP contribution is -2.29. The molecule has 6 rings (SSSR count). The number of hydrogen-bond donors (Lipinski definition) is 0. The summed E-state index contributed by atoms with van der Waals surface area (Å²) >= 11 is 0. The maximum Gasteiger partial charge on any atom is 0.354 e. The molecule has 8 heteroatoms. The molecule has 370 valence electrons. The maximum atomic E-state index is 13.6. The third-order valence-electron chi connectivity index (χ3n) is 14.3. The molecule has 0 amide bonds. The predicted octanol–water partition coefficient (Wildman–Crippen LogP) is 10.3. The zero-order valence-electron chi connectivity index (χ0n) is 42.4. The van der Waals surface area contributed by atoms with Crippen molar-refractivity contribution in [2.75, 3.05) is 26.4 Å². The van der Waals surface area contributed by atoms with Gasteiger partial charge in [-0.1, -0.05) is 18.9 Å². The van der Waals surface area contributed by atoms with Gasteiger partial charge in [0.2, 0.25) is 0 Å². The third-order valence-corrected chi connectivity index (χ3v) is 14.3. The van der Waals surface area contributed by atoms with Gasteiger partial charge in [-0.05, 0) is 233 Å². The Morgan fingerprint density at radius 3 is 1.05 bits per heavy atom. The number of hydrogen-bond acceptors (Lipinski definition) is 8. The van der Waals surface area contributed by atoms with Crippen LogP contribution in [0.15, 0.2) is 232 Å². The second-order valence-corrected chi connectivity index (χ2v) is 18.7. The summed E-state index contributed by atoms with van der Waals surface area (Å²) in [6.07, 6.45) is 9.23. The zero-order valence-corrected chi connectivity index (χ0v) is 42.4. The number of rotatable bonds is 12. The van der Waals surface area contributed by atoms with Crippen molar-refractivity contribution in [2.24, 2.45) is 71.0 Å². The van der Waals surface area contributed by atoms with Crippen molar-refractivity contribution in [1.82, 2.24) is 0 Å². The molecule has 8 unspecified atom stereocenters. The van der Waals surface area contributed by atoms with Crippen LogP contribution in [-0.4, -0.2) is 50.3 Å². The molecule has 6 aliphatic rings. The average Bonchev–Trinajstić information content (AvgIpc) is 4.38. The first-order chi connectivity index (χ1) is 37.7.